The molecule has 0 unspecified atom stereocenters. The molecule has 0 radical (unpaired) electrons. The third kappa shape index (κ3) is 3.17. The number of hydrogen-bond donors (Lipinski definition) is 3. The lowest BCUT2D eigenvalue weighted by Crippen LogP contribution is -2.26. The van der Waals surface area contributed by atoms with Gasteiger partial charge in [0, 0.05) is 28.5 Å². The van der Waals surface area contributed by atoms with Crippen LogP contribution in [-0.4, -0.2) is 9.97 Å². The van der Waals surface area contributed by atoms with Gasteiger partial charge < -0.3 is 10.7 Å². The Morgan fingerprint density at radius 2 is 2.20 bits per heavy atom. The quantitative estimate of drug-likeness (QED) is 0.589. The van der Waals surface area contributed by atoms with Gasteiger partial charge >= 0.3 is 0 Å². The van der Waals surface area contributed by atoms with Gasteiger partial charge in [-0.25, -0.2) is 10.8 Å². The highest BCUT2D eigenvalue weighted by Gasteiger charge is 2.11. The Hall–Kier alpha value is -2.31. The monoisotopic (exact) mass is 291 g/mol. The van der Waals surface area contributed by atoms with Crippen LogP contribution in [0.25, 0.3) is 11.3 Å². The van der Waals surface area contributed by atoms with Crippen LogP contribution in [0.1, 0.15) is 6.92 Å². The zero-order chi connectivity index (χ0) is 14.7. The third-order valence-corrected chi connectivity index (χ3v) is 2.77. The second-order valence-corrected chi connectivity index (χ2v) is 4.67. The van der Waals surface area contributed by atoms with E-state index in [2.05, 4.69) is 9.97 Å². The Kier molecular flexibility index (Phi) is 4.07. The summed E-state index contributed by atoms with van der Waals surface area (Å²) >= 11 is 6.00. The number of allylic oxidation sites excluding steroid dienone is 1. The predicted molar refractivity (Wildman–Crippen MR) is 79.9 cm³/mol. The van der Waals surface area contributed by atoms with Crippen LogP contribution in [-0.2, 0) is 0 Å². The number of benzene rings is 1. The van der Waals surface area contributed by atoms with E-state index in [1.165, 1.54) is 17.4 Å². The van der Waals surface area contributed by atoms with Crippen molar-refractivity contribution in [2.24, 2.45) is 11.6 Å². The fourth-order valence-electron chi connectivity index (χ4n) is 1.74. The van der Waals surface area contributed by atoms with Crippen molar-refractivity contribution >= 4 is 17.3 Å². The smallest absolute Gasteiger partial charge is 0.251 e. The molecule has 1 heterocycles. The molecule has 0 spiro atoms. The number of hydrogen-bond acceptors (Lipinski definition) is 5. The lowest BCUT2D eigenvalue weighted by atomic mass is 10.1. The van der Waals surface area contributed by atoms with Gasteiger partial charge in [-0.1, -0.05) is 11.6 Å². The van der Waals surface area contributed by atoms with Gasteiger partial charge in [0.15, 0.2) is 0 Å². The number of halogens is 1. The summed E-state index contributed by atoms with van der Waals surface area (Å²) in [5.41, 5.74) is 7.67. The summed E-state index contributed by atoms with van der Waals surface area (Å²) in [6.07, 6.45) is 2.90. The van der Waals surface area contributed by atoms with Crippen molar-refractivity contribution in [1.29, 1.82) is 0 Å². The minimum atomic E-state index is -0.255. The molecule has 7 heteroatoms. The molecule has 0 saturated heterocycles. The number of nitrogens with two attached hydrogens (primary N) is 2. The van der Waals surface area contributed by atoms with Gasteiger partial charge in [-0.2, -0.15) is 0 Å². The molecule has 0 aliphatic carbocycles. The van der Waals surface area contributed by atoms with E-state index in [4.69, 9.17) is 23.2 Å². The second kappa shape index (κ2) is 5.77. The SMILES string of the molecule is C/C(N)=C/N(N)c1ccc(Cl)cc1-c1cc(=O)[nH]cn1. The van der Waals surface area contributed by atoms with Gasteiger partial charge in [-0.15, -0.1) is 0 Å². The first-order valence-corrected chi connectivity index (χ1v) is 6.17. The Bertz CT molecular complexity index is 706. The summed E-state index contributed by atoms with van der Waals surface area (Å²) in [6.45, 7) is 1.72. The van der Waals surface area contributed by atoms with Crippen LogP contribution in [0.15, 0.2) is 47.3 Å². The fraction of sp³-hybridized carbons (Fsp3) is 0.0769. The molecular weight excluding hydrogens is 278 g/mol. The molecule has 0 aliphatic rings. The zero-order valence-corrected chi connectivity index (χ0v) is 11.6. The predicted octanol–water partition coefficient (Wildman–Crippen LogP) is 1.59. The number of rotatable bonds is 3. The normalized spacial score (nSPS) is 11.4. The first kappa shape index (κ1) is 14.1. The standard InChI is InChI=1S/C13H14ClN5O/c1-8(15)6-19(16)12-3-2-9(14)4-10(12)11-5-13(20)18-7-17-11/h2-7H,15-16H2,1H3,(H,17,18,20)/b8-6-. The molecule has 104 valence electrons. The Morgan fingerprint density at radius 3 is 2.85 bits per heavy atom. The maximum Gasteiger partial charge on any atom is 0.251 e. The first-order valence-electron chi connectivity index (χ1n) is 5.80. The van der Waals surface area contributed by atoms with E-state index in [1.807, 2.05) is 0 Å². The van der Waals surface area contributed by atoms with E-state index in [1.54, 1.807) is 31.3 Å². The molecule has 0 saturated carbocycles. The summed E-state index contributed by atoms with van der Waals surface area (Å²) in [5.74, 6) is 5.94. The summed E-state index contributed by atoms with van der Waals surface area (Å²) in [5, 5.41) is 1.89. The topological polar surface area (TPSA) is 101 Å². The number of nitrogens with zero attached hydrogens (tertiary/aromatic N) is 2. The molecule has 1 aromatic heterocycles. The van der Waals surface area contributed by atoms with Crippen LogP contribution in [0.5, 0.6) is 0 Å². The van der Waals surface area contributed by atoms with Crippen molar-refractivity contribution in [1.82, 2.24) is 9.97 Å². The average Bonchev–Trinajstić information content (AvgIpc) is 2.37. The van der Waals surface area contributed by atoms with Crippen LogP contribution >= 0.6 is 11.6 Å². The van der Waals surface area contributed by atoms with E-state index in [9.17, 15) is 4.79 Å². The van der Waals surface area contributed by atoms with Crippen molar-refractivity contribution < 1.29 is 0 Å². The molecule has 0 atom stereocenters. The molecule has 5 N–H and O–H groups in total. The zero-order valence-electron chi connectivity index (χ0n) is 10.8. The summed E-state index contributed by atoms with van der Waals surface area (Å²) < 4.78 is 0. The number of aromatic nitrogens is 2. The largest absolute Gasteiger partial charge is 0.401 e. The fourth-order valence-corrected chi connectivity index (χ4v) is 1.92. The van der Waals surface area contributed by atoms with E-state index in [0.717, 1.165) is 0 Å². The van der Waals surface area contributed by atoms with Crippen LogP contribution in [0.3, 0.4) is 0 Å². The summed E-state index contributed by atoms with van der Waals surface area (Å²) in [7, 11) is 0. The molecule has 20 heavy (non-hydrogen) atoms. The van der Waals surface area contributed by atoms with Crippen molar-refractivity contribution in [3.8, 4) is 11.3 Å². The molecule has 0 aliphatic heterocycles. The van der Waals surface area contributed by atoms with Gasteiger partial charge in [0.1, 0.15) is 0 Å². The van der Waals surface area contributed by atoms with E-state index >= 15 is 0 Å². The van der Waals surface area contributed by atoms with Crippen LogP contribution in [0.4, 0.5) is 5.69 Å². The minimum Gasteiger partial charge on any atom is -0.401 e. The summed E-state index contributed by atoms with van der Waals surface area (Å²) in [4.78, 5) is 18.0. The maximum atomic E-state index is 11.4. The van der Waals surface area contributed by atoms with Crippen molar-refractivity contribution in [2.75, 3.05) is 5.01 Å². The van der Waals surface area contributed by atoms with Crippen LogP contribution in [0, 0.1) is 0 Å². The third-order valence-electron chi connectivity index (χ3n) is 2.53. The minimum absolute atomic E-state index is 0.255. The Labute approximate surface area is 120 Å². The van der Waals surface area contributed by atoms with Crippen molar-refractivity contribution in [3.63, 3.8) is 0 Å². The van der Waals surface area contributed by atoms with Crippen molar-refractivity contribution in [2.45, 2.75) is 6.92 Å². The summed E-state index contributed by atoms with van der Waals surface area (Å²) in [6, 6.07) is 6.51. The number of aromatic amines is 1. The number of anilines is 1. The molecule has 2 aromatic rings. The molecule has 0 amide bonds. The van der Waals surface area contributed by atoms with Gasteiger partial charge in [0.25, 0.3) is 5.56 Å². The van der Waals surface area contributed by atoms with Gasteiger partial charge in [-0.3, -0.25) is 9.80 Å². The highest BCUT2D eigenvalue weighted by Crippen LogP contribution is 2.30. The molecule has 6 nitrogen and oxygen atoms in total. The lowest BCUT2D eigenvalue weighted by molar-refractivity contribution is 1.05. The number of nitrogens with one attached hydrogen (secondary N) is 1. The van der Waals surface area contributed by atoms with Crippen molar-refractivity contribution in [3.05, 3.63) is 57.9 Å². The lowest BCUT2D eigenvalue weighted by Gasteiger charge is -2.18. The van der Waals surface area contributed by atoms with Crippen LogP contribution < -0.4 is 22.1 Å². The molecular formula is C13H14ClN5O. The van der Waals surface area contributed by atoms with Crippen LogP contribution in [0.2, 0.25) is 5.02 Å². The molecule has 0 fully saturated rings. The average molecular weight is 292 g/mol. The maximum absolute atomic E-state index is 11.4. The Balaban J connectivity index is 2.59. The van der Waals surface area contributed by atoms with Gasteiger partial charge in [-0.05, 0) is 25.1 Å². The molecule has 2 rings (SSSR count). The molecule has 1 aromatic carbocycles. The van der Waals surface area contributed by atoms with Gasteiger partial charge in [0.2, 0.25) is 0 Å². The second-order valence-electron chi connectivity index (χ2n) is 4.24. The highest BCUT2D eigenvalue weighted by molar-refractivity contribution is 6.31. The van der Waals surface area contributed by atoms with Gasteiger partial charge in [0.05, 0.1) is 17.7 Å². The van der Waals surface area contributed by atoms with E-state index in [0.29, 0.717) is 27.7 Å². The Morgan fingerprint density at radius 1 is 1.45 bits per heavy atom. The highest BCUT2D eigenvalue weighted by atomic mass is 35.5. The van der Waals surface area contributed by atoms with E-state index in [-0.39, 0.29) is 5.56 Å². The van der Waals surface area contributed by atoms with E-state index < -0.39 is 0 Å². The first-order chi connectivity index (χ1) is 9.47. The number of H-pyrrole nitrogens is 1. The number of hydrazine groups is 1. The molecule has 0 bridgehead atoms.